The number of nitrogen functional groups attached to an aromatic ring is 1. The highest BCUT2D eigenvalue weighted by atomic mass is 19.4. The Kier molecular flexibility index (Phi) is 15.2. The molecular formula is C41H37F7N6O6. The number of benzene rings is 4. The van der Waals surface area contributed by atoms with Crippen molar-refractivity contribution in [1.29, 1.82) is 0 Å². The number of imidazole rings is 1. The van der Waals surface area contributed by atoms with Gasteiger partial charge in [-0.3, -0.25) is 4.79 Å². The monoisotopic (exact) mass is 842 g/mol. The second-order valence-electron chi connectivity index (χ2n) is 12.5. The van der Waals surface area contributed by atoms with Crippen molar-refractivity contribution in [3.63, 3.8) is 0 Å². The molecule has 0 saturated carbocycles. The van der Waals surface area contributed by atoms with Gasteiger partial charge in [0.05, 0.1) is 12.3 Å². The molecule has 12 nitrogen and oxygen atoms in total. The number of aryl methyl sites for hydroxylation is 1. The number of carbonyl (C=O) groups is 3. The fourth-order valence-electron chi connectivity index (χ4n) is 5.50. The van der Waals surface area contributed by atoms with Gasteiger partial charge >= 0.3 is 24.3 Å². The van der Waals surface area contributed by atoms with Gasteiger partial charge in [-0.1, -0.05) is 61.5 Å². The normalized spacial score (nSPS) is 11.6. The standard InChI is InChI=1S/C37H35FN6O2.2C2HF3O2/c1-3-24-19-30(34(38)32(20-24)46-4-2)35(42-28-15-16-29-26(21-28)17-18-40-36(29)39)37-43-31(25-11-7-5-8-12-25)22-44(37)23-33(45)41-27-13-9-6-10-14-27;2*3-2(4,5)1(6)7/h5-22,35,42H,3-4,23H2,1-2H3,(H2,39,40)(H,41,45);2*(H,6,7). The number of rotatable bonds is 11. The van der Waals surface area contributed by atoms with Crippen LogP contribution in [0.15, 0.2) is 109 Å². The Morgan fingerprint density at radius 1 is 0.833 bits per heavy atom. The molecule has 6 aromatic rings. The van der Waals surface area contributed by atoms with E-state index < -0.39 is 36.2 Å². The van der Waals surface area contributed by atoms with E-state index in [1.54, 1.807) is 16.8 Å². The lowest BCUT2D eigenvalue weighted by atomic mass is 9.99. The number of anilines is 3. The summed E-state index contributed by atoms with van der Waals surface area (Å²) in [6.07, 6.45) is -6.00. The Morgan fingerprint density at radius 2 is 1.43 bits per heavy atom. The summed E-state index contributed by atoms with van der Waals surface area (Å²) in [7, 11) is 0. The van der Waals surface area contributed by atoms with Gasteiger partial charge in [0.15, 0.2) is 11.6 Å². The molecule has 0 spiro atoms. The number of nitrogens with two attached hydrogens (primary N) is 1. The second-order valence-corrected chi connectivity index (χ2v) is 12.5. The van der Waals surface area contributed by atoms with Crippen LogP contribution in [0.3, 0.4) is 0 Å². The Balaban J connectivity index is 0.000000488. The van der Waals surface area contributed by atoms with Crippen LogP contribution in [0.5, 0.6) is 5.75 Å². The lowest BCUT2D eigenvalue weighted by molar-refractivity contribution is -0.193. The fraction of sp³-hybridized carbons (Fsp3) is 0.195. The molecule has 0 aliphatic rings. The van der Waals surface area contributed by atoms with Crippen LogP contribution in [0.2, 0.25) is 0 Å². The SMILES string of the molecule is CCOc1cc(CC)cc(C(Nc2ccc3c(N)nccc3c2)c2nc(-c3ccccc3)cn2CC(=O)Nc2ccccc2)c1F.O=C(O)C(F)(F)F.O=C(O)C(F)(F)F. The topological polar surface area (TPSA) is 182 Å². The number of fused-ring (bicyclic) bond motifs is 1. The summed E-state index contributed by atoms with van der Waals surface area (Å²) in [5.74, 6) is -5.18. The van der Waals surface area contributed by atoms with Crippen LogP contribution in [0.4, 0.5) is 47.9 Å². The van der Waals surface area contributed by atoms with Gasteiger partial charge in [0.25, 0.3) is 0 Å². The number of ether oxygens (including phenoxy) is 1. The van der Waals surface area contributed by atoms with E-state index in [0.29, 0.717) is 47.3 Å². The quantitative estimate of drug-likeness (QED) is 0.0791. The van der Waals surface area contributed by atoms with Gasteiger partial charge in [0, 0.05) is 40.3 Å². The average Bonchev–Trinajstić information content (AvgIpc) is 3.61. The minimum absolute atomic E-state index is 0.0461. The number of nitrogens with zero attached hydrogens (tertiary/aromatic N) is 3. The first-order chi connectivity index (χ1) is 28.3. The first kappa shape index (κ1) is 45.5. The maximum Gasteiger partial charge on any atom is 0.490 e. The highest BCUT2D eigenvalue weighted by Crippen LogP contribution is 2.36. The van der Waals surface area contributed by atoms with Crippen LogP contribution in [0.1, 0.15) is 36.8 Å². The third-order valence-electron chi connectivity index (χ3n) is 8.24. The van der Waals surface area contributed by atoms with E-state index >= 15 is 4.39 Å². The van der Waals surface area contributed by atoms with Gasteiger partial charge < -0.3 is 35.9 Å². The number of pyridine rings is 1. The van der Waals surface area contributed by atoms with E-state index in [4.69, 9.17) is 35.3 Å². The van der Waals surface area contributed by atoms with Crippen LogP contribution in [0, 0.1) is 5.82 Å². The van der Waals surface area contributed by atoms with Gasteiger partial charge in [0.1, 0.15) is 24.2 Å². The molecule has 1 amide bonds. The summed E-state index contributed by atoms with van der Waals surface area (Å²) >= 11 is 0. The number of para-hydroxylation sites is 1. The van der Waals surface area contributed by atoms with Gasteiger partial charge in [0.2, 0.25) is 5.91 Å². The molecule has 2 heterocycles. The Morgan fingerprint density at radius 3 is 2.00 bits per heavy atom. The molecule has 1 atom stereocenters. The predicted molar refractivity (Wildman–Crippen MR) is 209 cm³/mol. The summed E-state index contributed by atoms with van der Waals surface area (Å²) in [4.78, 5) is 40.4. The third kappa shape index (κ3) is 12.4. The zero-order chi connectivity index (χ0) is 44.2. The lowest BCUT2D eigenvalue weighted by Crippen LogP contribution is -2.24. The minimum atomic E-state index is -5.08. The van der Waals surface area contributed by atoms with Gasteiger partial charge in [-0.15, -0.1) is 0 Å². The number of aromatic nitrogens is 3. The Hall–Kier alpha value is -7.18. The van der Waals surface area contributed by atoms with E-state index in [1.807, 2.05) is 111 Å². The van der Waals surface area contributed by atoms with E-state index in [2.05, 4.69) is 15.6 Å². The number of amides is 1. The highest BCUT2D eigenvalue weighted by molar-refractivity contribution is 5.93. The zero-order valence-electron chi connectivity index (χ0n) is 31.7. The van der Waals surface area contributed by atoms with Crippen molar-refractivity contribution in [1.82, 2.24) is 14.5 Å². The van der Waals surface area contributed by atoms with Crippen LogP contribution < -0.4 is 21.1 Å². The molecule has 6 N–H and O–H groups in total. The smallest absolute Gasteiger partial charge is 0.490 e. The molecule has 316 valence electrons. The van der Waals surface area contributed by atoms with Gasteiger partial charge in [-0.2, -0.15) is 26.3 Å². The molecule has 1 unspecified atom stereocenters. The number of alkyl halides is 6. The summed E-state index contributed by atoms with van der Waals surface area (Å²) in [5.41, 5.74) is 10.3. The van der Waals surface area contributed by atoms with Crippen LogP contribution in [0.25, 0.3) is 22.0 Å². The van der Waals surface area contributed by atoms with Crippen LogP contribution in [-0.4, -0.2) is 61.6 Å². The maximum absolute atomic E-state index is 16.4. The lowest BCUT2D eigenvalue weighted by Gasteiger charge is -2.24. The molecule has 0 aliphatic heterocycles. The first-order valence-electron chi connectivity index (χ1n) is 17.8. The van der Waals surface area contributed by atoms with Crippen molar-refractivity contribution in [2.75, 3.05) is 23.0 Å². The van der Waals surface area contributed by atoms with Crippen molar-refractivity contribution in [3.8, 4) is 17.0 Å². The molecule has 6 rings (SSSR count). The van der Waals surface area contributed by atoms with E-state index in [-0.39, 0.29) is 18.2 Å². The molecule has 0 aliphatic carbocycles. The first-order valence-corrected chi connectivity index (χ1v) is 17.8. The average molecular weight is 843 g/mol. The molecule has 4 aromatic carbocycles. The van der Waals surface area contributed by atoms with Crippen molar-refractivity contribution in [2.45, 2.75) is 45.2 Å². The molecule has 0 saturated heterocycles. The van der Waals surface area contributed by atoms with Crippen molar-refractivity contribution in [3.05, 3.63) is 132 Å². The van der Waals surface area contributed by atoms with Gasteiger partial charge in [-0.25, -0.2) is 23.9 Å². The fourth-order valence-corrected chi connectivity index (χ4v) is 5.50. The summed E-state index contributed by atoms with van der Waals surface area (Å²) < 4.78 is 87.4. The molecule has 0 bridgehead atoms. The number of aliphatic carboxylic acids is 2. The number of carbonyl (C=O) groups excluding carboxylic acids is 1. The summed E-state index contributed by atoms with van der Waals surface area (Å²) in [6.45, 7) is 4.11. The summed E-state index contributed by atoms with van der Waals surface area (Å²) in [6, 6.07) is 29.3. The van der Waals surface area contributed by atoms with Crippen molar-refractivity contribution >= 4 is 45.8 Å². The number of nitrogens with one attached hydrogen (secondary N) is 2. The number of carboxylic acids is 2. The second kappa shape index (κ2) is 20.0. The molecule has 0 radical (unpaired) electrons. The molecule has 60 heavy (non-hydrogen) atoms. The number of hydrogen-bond donors (Lipinski definition) is 5. The predicted octanol–water partition coefficient (Wildman–Crippen LogP) is 8.89. The van der Waals surface area contributed by atoms with E-state index in [1.165, 1.54) is 0 Å². The molecule has 19 heteroatoms. The Bertz CT molecular complexity index is 2390. The summed E-state index contributed by atoms with van der Waals surface area (Å²) in [5, 5.41) is 22.4. The minimum Gasteiger partial charge on any atom is -0.491 e. The van der Waals surface area contributed by atoms with Gasteiger partial charge in [-0.05, 0) is 66.8 Å². The van der Waals surface area contributed by atoms with E-state index in [9.17, 15) is 31.1 Å². The van der Waals surface area contributed by atoms with E-state index in [0.717, 1.165) is 21.9 Å². The number of hydrogen-bond acceptors (Lipinski definition) is 8. The molecule has 0 fully saturated rings. The molecular weight excluding hydrogens is 805 g/mol. The highest BCUT2D eigenvalue weighted by Gasteiger charge is 2.39. The number of halogens is 7. The Labute approximate surface area is 337 Å². The van der Waals surface area contributed by atoms with Crippen molar-refractivity contribution in [2.24, 2.45) is 0 Å². The third-order valence-corrected chi connectivity index (χ3v) is 8.24. The maximum atomic E-state index is 16.4. The van der Waals surface area contributed by atoms with Crippen LogP contribution >= 0.6 is 0 Å². The zero-order valence-corrected chi connectivity index (χ0v) is 31.7. The molecule has 2 aromatic heterocycles. The van der Waals surface area contributed by atoms with Crippen molar-refractivity contribution < 1.29 is 60.1 Å². The largest absolute Gasteiger partial charge is 0.491 e. The number of carboxylic acid groups (broad SMARTS) is 2. The van der Waals surface area contributed by atoms with Crippen LogP contribution in [-0.2, 0) is 27.3 Å².